The van der Waals surface area contributed by atoms with Crippen molar-refractivity contribution in [3.05, 3.63) is 29.8 Å². The first-order valence-electron chi connectivity index (χ1n) is 5.58. The zero-order chi connectivity index (χ0) is 12.9. The van der Waals surface area contributed by atoms with E-state index in [2.05, 4.69) is 6.92 Å². The van der Waals surface area contributed by atoms with E-state index in [1.807, 2.05) is 24.3 Å². The van der Waals surface area contributed by atoms with Crippen molar-refractivity contribution in [2.45, 2.75) is 24.3 Å². The lowest BCUT2D eigenvalue weighted by atomic mass is 10.1. The zero-order valence-electron chi connectivity index (χ0n) is 10.2. The second-order valence-electron chi connectivity index (χ2n) is 4.06. The van der Waals surface area contributed by atoms with E-state index in [0.717, 1.165) is 16.9 Å². The molecule has 0 unspecified atom stereocenters. The molecule has 5 heteroatoms. The highest BCUT2D eigenvalue weighted by molar-refractivity contribution is 8.00. The van der Waals surface area contributed by atoms with Crippen LogP contribution in [0.15, 0.2) is 29.2 Å². The van der Waals surface area contributed by atoms with E-state index in [4.69, 9.17) is 5.73 Å². The fourth-order valence-corrected chi connectivity index (χ4v) is 3.47. The number of hydrogen-bond acceptors (Lipinski definition) is 4. The van der Waals surface area contributed by atoms with Gasteiger partial charge >= 0.3 is 0 Å². The molecule has 3 nitrogen and oxygen atoms in total. The van der Waals surface area contributed by atoms with Gasteiger partial charge in [-0.15, -0.1) is 11.8 Å². The van der Waals surface area contributed by atoms with Crippen LogP contribution in [0.1, 0.15) is 24.9 Å². The quantitative estimate of drug-likeness (QED) is 0.807. The average Bonchev–Trinajstić information content (AvgIpc) is 2.27. The van der Waals surface area contributed by atoms with Crippen molar-refractivity contribution in [3.63, 3.8) is 0 Å². The zero-order valence-corrected chi connectivity index (χ0v) is 11.9. The Kier molecular flexibility index (Phi) is 5.49. The summed E-state index contributed by atoms with van der Waals surface area (Å²) in [5.41, 5.74) is 7.04. The fourth-order valence-electron chi connectivity index (χ4n) is 1.36. The summed E-state index contributed by atoms with van der Waals surface area (Å²) in [5, 5.41) is 0. The summed E-state index contributed by atoms with van der Waals surface area (Å²) in [5.74, 6) is 0.811. The van der Waals surface area contributed by atoms with Gasteiger partial charge in [-0.05, 0) is 24.1 Å². The molecule has 0 heterocycles. The first-order valence-corrected chi connectivity index (χ1v) is 8.63. The highest BCUT2D eigenvalue weighted by Gasteiger charge is 2.04. The van der Waals surface area contributed by atoms with Crippen molar-refractivity contribution in [2.75, 3.05) is 17.8 Å². The third-order valence-corrected chi connectivity index (χ3v) is 4.69. The van der Waals surface area contributed by atoms with E-state index in [1.165, 1.54) is 6.26 Å². The summed E-state index contributed by atoms with van der Waals surface area (Å²) >= 11 is 1.56. The van der Waals surface area contributed by atoms with Crippen LogP contribution in [-0.4, -0.2) is 26.2 Å². The van der Waals surface area contributed by atoms with Crippen molar-refractivity contribution >= 4 is 21.6 Å². The molecule has 0 spiro atoms. The second kappa shape index (κ2) is 6.42. The molecule has 0 saturated heterocycles. The second-order valence-corrected chi connectivity index (χ2v) is 7.49. The summed E-state index contributed by atoms with van der Waals surface area (Å²) in [4.78, 5) is 1.08. The number of benzene rings is 1. The number of rotatable bonds is 6. The van der Waals surface area contributed by atoms with Crippen molar-refractivity contribution < 1.29 is 8.42 Å². The van der Waals surface area contributed by atoms with Gasteiger partial charge in [-0.2, -0.15) is 0 Å². The summed E-state index contributed by atoms with van der Waals surface area (Å²) in [6, 6.07) is 8.11. The molecule has 1 aromatic carbocycles. The predicted molar refractivity (Wildman–Crippen MR) is 74.1 cm³/mol. The van der Waals surface area contributed by atoms with Crippen molar-refractivity contribution in [3.8, 4) is 0 Å². The Morgan fingerprint density at radius 3 is 2.35 bits per heavy atom. The number of thioether (sulfide) groups is 1. The number of hydrogen-bond donors (Lipinski definition) is 1. The third kappa shape index (κ3) is 5.57. The normalized spacial score (nSPS) is 13.6. The molecule has 0 radical (unpaired) electrons. The molecule has 1 atom stereocenters. The van der Waals surface area contributed by atoms with Gasteiger partial charge in [0.2, 0.25) is 0 Å². The van der Waals surface area contributed by atoms with Crippen molar-refractivity contribution in [1.29, 1.82) is 0 Å². The molecule has 0 aliphatic rings. The molecule has 96 valence electrons. The van der Waals surface area contributed by atoms with Crippen molar-refractivity contribution in [2.24, 2.45) is 5.73 Å². The van der Waals surface area contributed by atoms with Crippen LogP contribution < -0.4 is 5.73 Å². The third-order valence-electron chi connectivity index (χ3n) is 2.47. The Labute approximate surface area is 108 Å². The first-order chi connectivity index (χ1) is 7.92. The number of nitrogens with two attached hydrogens (primary N) is 1. The van der Waals surface area contributed by atoms with E-state index in [0.29, 0.717) is 5.75 Å². The van der Waals surface area contributed by atoms with Crippen LogP contribution >= 0.6 is 11.8 Å². The molecule has 0 saturated carbocycles. The molecule has 17 heavy (non-hydrogen) atoms. The Hall–Kier alpha value is -0.520. The lowest BCUT2D eigenvalue weighted by Gasteiger charge is -2.09. The minimum Gasteiger partial charge on any atom is -0.324 e. The van der Waals surface area contributed by atoms with Gasteiger partial charge in [0.05, 0.1) is 5.75 Å². The van der Waals surface area contributed by atoms with Gasteiger partial charge in [0.1, 0.15) is 9.84 Å². The maximum atomic E-state index is 11.0. The first kappa shape index (κ1) is 14.5. The van der Waals surface area contributed by atoms with E-state index in [9.17, 15) is 8.42 Å². The van der Waals surface area contributed by atoms with Crippen LogP contribution in [-0.2, 0) is 9.84 Å². The van der Waals surface area contributed by atoms with Gasteiger partial charge in [-0.3, -0.25) is 0 Å². The molecule has 0 aliphatic carbocycles. The summed E-state index contributed by atoms with van der Waals surface area (Å²) < 4.78 is 21.9. The molecule has 0 amide bonds. The van der Waals surface area contributed by atoms with Gasteiger partial charge in [0.15, 0.2) is 0 Å². The number of sulfone groups is 1. The summed E-state index contributed by atoms with van der Waals surface area (Å²) in [6.07, 6.45) is 2.18. The summed E-state index contributed by atoms with van der Waals surface area (Å²) in [6.45, 7) is 2.05. The summed E-state index contributed by atoms with van der Waals surface area (Å²) in [7, 11) is -2.86. The highest BCUT2D eigenvalue weighted by Crippen LogP contribution is 2.21. The van der Waals surface area contributed by atoms with Gasteiger partial charge in [-0.25, -0.2) is 8.42 Å². The Bertz CT molecular complexity index is 440. The maximum absolute atomic E-state index is 11.0. The van der Waals surface area contributed by atoms with E-state index in [1.54, 1.807) is 11.8 Å². The molecule has 0 aromatic heterocycles. The standard InChI is InChI=1S/C12H19NO2S2/c1-3-12(13)10-4-6-11(7-5-10)16-8-9-17(2,14)15/h4-7,12H,3,8-9,13H2,1-2H3/t12-/m1/s1. The monoisotopic (exact) mass is 273 g/mol. The predicted octanol–water partition coefficient (Wildman–Crippen LogP) is 2.23. The molecular weight excluding hydrogens is 254 g/mol. The van der Waals surface area contributed by atoms with E-state index in [-0.39, 0.29) is 11.8 Å². The van der Waals surface area contributed by atoms with Crippen LogP contribution in [0.25, 0.3) is 0 Å². The minimum absolute atomic E-state index is 0.0880. The molecule has 2 N–H and O–H groups in total. The average molecular weight is 273 g/mol. The molecule has 0 bridgehead atoms. The van der Waals surface area contributed by atoms with Gasteiger partial charge in [-0.1, -0.05) is 19.1 Å². The SMILES string of the molecule is CC[C@@H](N)c1ccc(SCCS(C)(=O)=O)cc1. The Morgan fingerprint density at radius 2 is 1.88 bits per heavy atom. The van der Waals surface area contributed by atoms with Crippen LogP contribution in [0, 0.1) is 0 Å². The lowest BCUT2D eigenvalue weighted by Crippen LogP contribution is -2.08. The van der Waals surface area contributed by atoms with Crippen molar-refractivity contribution in [1.82, 2.24) is 0 Å². The lowest BCUT2D eigenvalue weighted by molar-refractivity contribution is 0.603. The van der Waals surface area contributed by atoms with Gasteiger partial charge in [0, 0.05) is 22.9 Å². The Balaban J connectivity index is 2.51. The highest BCUT2D eigenvalue weighted by atomic mass is 32.2. The minimum atomic E-state index is -2.86. The largest absolute Gasteiger partial charge is 0.324 e. The molecule has 0 aliphatic heterocycles. The van der Waals surface area contributed by atoms with Crippen LogP contribution in [0.4, 0.5) is 0 Å². The van der Waals surface area contributed by atoms with Gasteiger partial charge < -0.3 is 5.73 Å². The molecule has 1 aromatic rings. The molecule has 1 rings (SSSR count). The Morgan fingerprint density at radius 1 is 1.29 bits per heavy atom. The van der Waals surface area contributed by atoms with Crippen LogP contribution in [0.5, 0.6) is 0 Å². The molecular formula is C12H19NO2S2. The van der Waals surface area contributed by atoms with Crippen LogP contribution in [0.3, 0.4) is 0 Å². The maximum Gasteiger partial charge on any atom is 0.148 e. The molecule has 0 fully saturated rings. The van der Waals surface area contributed by atoms with Gasteiger partial charge in [0.25, 0.3) is 0 Å². The fraction of sp³-hybridized carbons (Fsp3) is 0.500. The van der Waals surface area contributed by atoms with Crippen LogP contribution in [0.2, 0.25) is 0 Å². The van der Waals surface area contributed by atoms with E-state index >= 15 is 0 Å². The van der Waals surface area contributed by atoms with E-state index < -0.39 is 9.84 Å². The topological polar surface area (TPSA) is 60.2 Å². The smallest absolute Gasteiger partial charge is 0.148 e.